The monoisotopic (exact) mass is 330 g/mol. The third-order valence-electron chi connectivity index (χ3n) is 5.39. The topological polar surface area (TPSA) is 47.6 Å². The van der Waals surface area contributed by atoms with E-state index in [4.69, 9.17) is 0 Å². The lowest BCUT2D eigenvalue weighted by Gasteiger charge is -2.35. The number of amides is 2. The van der Waals surface area contributed by atoms with Gasteiger partial charge in [0, 0.05) is 31.7 Å². The Morgan fingerprint density at radius 2 is 1.88 bits per heavy atom. The molecular weight excluding hydrogens is 300 g/mol. The highest BCUT2D eigenvalue weighted by Crippen LogP contribution is 2.28. The van der Waals surface area contributed by atoms with Gasteiger partial charge in [-0.25, -0.2) is 4.79 Å². The third kappa shape index (κ3) is 4.20. The van der Waals surface area contributed by atoms with Crippen molar-refractivity contribution in [2.24, 2.45) is 0 Å². The van der Waals surface area contributed by atoms with Crippen molar-refractivity contribution in [3.05, 3.63) is 24.3 Å². The van der Waals surface area contributed by atoms with Crippen molar-refractivity contribution in [2.75, 3.05) is 36.9 Å². The first-order chi connectivity index (χ1) is 11.6. The van der Waals surface area contributed by atoms with Gasteiger partial charge >= 0.3 is 6.03 Å². The number of rotatable bonds is 3. The number of para-hydroxylation sites is 2. The molecule has 5 heteroatoms. The van der Waals surface area contributed by atoms with Crippen molar-refractivity contribution in [2.45, 2.75) is 51.1 Å². The summed E-state index contributed by atoms with van der Waals surface area (Å²) in [5.74, 6) is 0. The van der Waals surface area contributed by atoms with Gasteiger partial charge in [0.25, 0.3) is 0 Å². The summed E-state index contributed by atoms with van der Waals surface area (Å²) in [5, 5.41) is 6.23. The number of likely N-dealkylation sites (tertiary alicyclic amines) is 1. The summed E-state index contributed by atoms with van der Waals surface area (Å²) in [4.78, 5) is 17.2. The van der Waals surface area contributed by atoms with Gasteiger partial charge in [-0.3, -0.25) is 0 Å². The van der Waals surface area contributed by atoms with E-state index < -0.39 is 0 Å². The van der Waals surface area contributed by atoms with Gasteiger partial charge in [0.15, 0.2) is 0 Å². The minimum absolute atomic E-state index is 0.0822. The van der Waals surface area contributed by atoms with Crippen molar-refractivity contribution >= 4 is 17.4 Å². The molecule has 0 aromatic heterocycles. The number of nitrogens with one attached hydrogen (secondary N) is 2. The van der Waals surface area contributed by atoms with Crippen LogP contribution < -0.4 is 15.5 Å². The quantitative estimate of drug-likeness (QED) is 0.894. The molecule has 2 fully saturated rings. The Balaban J connectivity index is 1.60. The molecule has 0 spiro atoms. The zero-order chi connectivity index (χ0) is 16.9. The summed E-state index contributed by atoms with van der Waals surface area (Å²) in [6.45, 7) is 5.41. The number of hydrogen-bond donors (Lipinski definition) is 2. The van der Waals surface area contributed by atoms with Crippen molar-refractivity contribution in [1.29, 1.82) is 0 Å². The van der Waals surface area contributed by atoms with Crippen LogP contribution in [0.5, 0.6) is 0 Å². The number of anilines is 2. The van der Waals surface area contributed by atoms with E-state index in [0.717, 1.165) is 43.9 Å². The first-order valence-electron chi connectivity index (χ1n) is 9.25. The average Bonchev–Trinajstić information content (AvgIpc) is 2.59. The standard InChI is InChI=1S/C19H30N4O/c1-15-14-16(10-13-22(15)2)20-19(24)21-17-8-4-5-9-18(17)23-11-6-3-7-12-23/h4-5,8-9,15-16H,3,6-7,10-14H2,1-2H3,(H2,20,21,24)/t15-,16-/m1/s1. The SMILES string of the molecule is C[C@@H]1C[C@H](NC(=O)Nc2ccccc2N2CCCCC2)CCN1C. The van der Waals surface area contributed by atoms with Gasteiger partial charge in [0.05, 0.1) is 11.4 Å². The smallest absolute Gasteiger partial charge is 0.319 e. The van der Waals surface area contributed by atoms with E-state index in [0.29, 0.717) is 6.04 Å². The second-order valence-electron chi connectivity index (χ2n) is 7.21. The van der Waals surface area contributed by atoms with Crippen LogP contribution in [0.4, 0.5) is 16.2 Å². The summed E-state index contributed by atoms with van der Waals surface area (Å²) in [6.07, 6.45) is 5.79. The molecule has 0 radical (unpaired) electrons. The van der Waals surface area contributed by atoms with Crippen molar-refractivity contribution in [3.8, 4) is 0 Å². The number of hydrogen-bond acceptors (Lipinski definition) is 3. The van der Waals surface area contributed by atoms with Gasteiger partial charge < -0.3 is 20.4 Å². The maximum Gasteiger partial charge on any atom is 0.319 e. The predicted molar refractivity (Wildman–Crippen MR) is 99.8 cm³/mol. The number of carbonyl (C=O) groups excluding carboxylic acids is 1. The molecule has 2 N–H and O–H groups in total. The molecule has 2 aliphatic rings. The molecule has 3 rings (SSSR count). The normalized spacial score (nSPS) is 25.3. The lowest BCUT2D eigenvalue weighted by Crippen LogP contribution is -2.48. The van der Waals surface area contributed by atoms with E-state index >= 15 is 0 Å². The van der Waals surface area contributed by atoms with Gasteiger partial charge in [-0.05, 0) is 58.2 Å². The van der Waals surface area contributed by atoms with E-state index in [2.05, 4.69) is 40.5 Å². The number of carbonyl (C=O) groups is 1. The largest absolute Gasteiger partial charge is 0.370 e. The summed E-state index contributed by atoms with van der Waals surface area (Å²) in [6, 6.07) is 8.84. The first kappa shape index (κ1) is 17.1. The highest BCUT2D eigenvalue weighted by Gasteiger charge is 2.24. The number of benzene rings is 1. The number of urea groups is 1. The Bertz CT molecular complexity index is 556. The molecule has 2 aliphatic heterocycles. The fourth-order valence-electron chi connectivity index (χ4n) is 3.75. The van der Waals surface area contributed by atoms with Crippen LogP contribution in [-0.2, 0) is 0 Å². The van der Waals surface area contributed by atoms with Crippen LogP contribution in [0.3, 0.4) is 0 Å². The molecule has 5 nitrogen and oxygen atoms in total. The summed E-state index contributed by atoms with van der Waals surface area (Å²) < 4.78 is 0. The molecule has 24 heavy (non-hydrogen) atoms. The van der Waals surface area contributed by atoms with Gasteiger partial charge in [-0.1, -0.05) is 12.1 Å². The van der Waals surface area contributed by atoms with Crippen molar-refractivity contribution < 1.29 is 4.79 Å². The molecule has 0 bridgehead atoms. The van der Waals surface area contributed by atoms with Crippen LogP contribution in [0.15, 0.2) is 24.3 Å². The van der Waals surface area contributed by atoms with Crippen LogP contribution in [0.25, 0.3) is 0 Å². The van der Waals surface area contributed by atoms with E-state index in [1.807, 2.05) is 18.2 Å². The highest BCUT2D eigenvalue weighted by molar-refractivity contribution is 5.93. The molecule has 1 aromatic rings. The second-order valence-corrected chi connectivity index (χ2v) is 7.21. The third-order valence-corrected chi connectivity index (χ3v) is 5.39. The van der Waals surface area contributed by atoms with Gasteiger partial charge in [0.1, 0.15) is 0 Å². The van der Waals surface area contributed by atoms with E-state index in [1.54, 1.807) is 0 Å². The van der Waals surface area contributed by atoms with E-state index in [1.165, 1.54) is 19.3 Å². The maximum atomic E-state index is 12.4. The molecule has 2 heterocycles. The summed E-state index contributed by atoms with van der Waals surface area (Å²) in [7, 11) is 2.15. The van der Waals surface area contributed by atoms with Crippen LogP contribution in [0.1, 0.15) is 39.0 Å². The first-order valence-corrected chi connectivity index (χ1v) is 9.25. The van der Waals surface area contributed by atoms with Crippen LogP contribution in [0.2, 0.25) is 0 Å². The Labute approximate surface area is 145 Å². The lowest BCUT2D eigenvalue weighted by molar-refractivity contribution is 0.170. The Morgan fingerprint density at radius 1 is 1.12 bits per heavy atom. The zero-order valence-corrected chi connectivity index (χ0v) is 14.9. The molecule has 132 valence electrons. The van der Waals surface area contributed by atoms with Crippen LogP contribution in [0, 0.1) is 0 Å². The van der Waals surface area contributed by atoms with Crippen molar-refractivity contribution in [1.82, 2.24) is 10.2 Å². The highest BCUT2D eigenvalue weighted by atomic mass is 16.2. The van der Waals surface area contributed by atoms with Crippen LogP contribution in [-0.4, -0.2) is 49.7 Å². The Morgan fingerprint density at radius 3 is 2.62 bits per heavy atom. The van der Waals surface area contributed by atoms with E-state index in [9.17, 15) is 4.79 Å². The molecule has 2 amide bonds. The molecule has 2 saturated heterocycles. The molecule has 0 unspecified atom stereocenters. The van der Waals surface area contributed by atoms with E-state index in [-0.39, 0.29) is 12.1 Å². The lowest BCUT2D eigenvalue weighted by atomic mass is 9.99. The number of piperidine rings is 2. The van der Waals surface area contributed by atoms with Crippen LogP contribution >= 0.6 is 0 Å². The minimum Gasteiger partial charge on any atom is -0.370 e. The predicted octanol–water partition coefficient (Wildman–Crippen LogP) is 3.28. The average molecular weight is 330 g/mol. The molecule has 2 atom stereocenters. The maximum absolute atomic E-state index is 12.4. The summed E-state index contributed by atoms with van der Waals surface area (Å²) >= 11 is 0. The molecule has 0 aliphatic carbocycles. The minimum atomic E-state index is -0.0822. The van der Waals surface area contributed by atoms with Gasteiger partial charge in [-0.2, -0.15) is 0 Å². The Hall–Kier alpha value is -1.75. The zero-order valence-electron chi connectivity index (χ0n) is 14.9. The van der Waals surface area contributed by atoms with Crippen molar-refractivity contribution in [3.63, 3.8) is 0 Å². The summed E-state index contributed by atoms with van der Waals surface area (Å²) in [5.41, 5.74) is 2.06. The van der Waals surface area contributed by atoms with Gasteiger partial charge in [0.2, 0.25) is 0 Å². The van der Waals surface area contributed by atoms with Gasteiger partial charge in [-0.15, -0.1) is 0 Å². The number of nitrogens with zero attached hydrogens (tertiary/aromatic N) is 2. The fourth-order valence-corrected chi connectivity index (χ4v) is 3.75. The molecular formula is C19H30N4O. The molecule has 0 saturated carbocycles. The fraction of sp³-hybridized carbons (Fsp3) is 0.632. The molecule has 1 aromatic carbocycles. The second kappa shape index (κ2) is 7.88. The Kier molecular flexibility index (Phi) is 5.61.